The van der Waals surface area contributed by atoms with Crippen molar-refractivity contribution in [2.75, 3.05) is 19.6 Å². The van der Waals surface area contributed by atoms with Crippen LogP contribution < -0.4 is 5.32 Å². The van der Waals surface area contributed by atoms with Crippen LogP contribution in [0.2, 0.25) is 0 Å². The Labute approximate surface area is 119 Å². The third kappa shape index (κ3) is 4.53. The first-order valence-electron chi connectivity index (χ1n) is 7.04. The summed E-state index contributed by atoms with van der Waals surface area (Å²) >= 11 is 0. The average molecular weight is 272 g/mol. The molecule has 0 spiro atoms. The quantitative estimate of drug-likeness (QED) is 0.850. The van der Waals surface area contributed by atoms with Gasteiger partial charge in [0.25, 0.3) is 0 Å². The lowest BCUT2D eigenvalue weighted by molar-refractivity contribution is -0.132. The summed E-state index contributed by atoms with van der Waals surface area (Å²) in [7, 11) is 0. The largest absolute Gasteiger partial charge is 0.343 e. The third-order valence-electron chi connectivity index (χ3n) is 3.35. The highest BCUT2D eigenvalue weighted by Crippen LogP contribution is 2.08. The summed E-state index contributed by atoms with van der Waals surface area (Å²) in [4.78, 5) is 25.3. The van der Waals surface area contributed by atoms with Gasteiger partial charge in [-0.2, -0.15) is 0 Å². The molecule has 0 saturated carbocycles. The summed E-state index contributed by atoms with van der Waals surface area (Å²) in [5.41, 5.74) is 0.963. The molecule has 2 rings (SSSR count). The van der Waals surface area contributed by atoms with Crippen LogP contribution >= 0.6 is 0 Å². The Balaban J connectivity index is 1.74. The maximum absolute atomic E-state index is 11.9. The van der Waals surface area contributed by atoms with Gasteiger partial charge in [-0.05, 0) is 30.9 Å². The third-order valence-corrected chi connectivity index (χ3v) is 3.35. The van der Waals surface area contributed by atoms with E-state index in [0.717, 1.165) is 31.5 Å². The molecule has 4 heteroatoms. The highest BCUT2D eigenvalue weighted by atomic mass is 16.2. The molecule has 1 aliphatic rings. The Morgan fingerprint density at radius 2 is 1.80 bits per heavy atom. The smallest absolute Gasteiger partial charge is 0.244 e. The number of benzene rings is 1. The number of nitrogens with one attached hydrogen (secondary N) is 1. The van der Waals surface area contributed by atoms with Gasteiger partial charge in [-0.15, -0.1) is 0 Å². The first-order valence-corrected chi connectivity index (χ1v) is 7.04. The van der Waals surface area contributed by atoms with Gasteiger partial charge in [0.05, 0.1) is 6.54 Å². The van der Waals surface area contributed by atoms with Gasteiger partial charge in [-0.25, -0.2) is 0 Å². The highest BCUT2D eigenvalue weighted by Gasteiger charge is 2.16. The Hall–Kier alpha value is -2.10. The van der Waals surface area contributed by atoms with Crippen molar-refractivity contribution in [2.24, 2.45) is 0 Å². The molecular formula is C16H20N2O2. The predicted molar refractivity (Wildman–Crippen MR) is 78.9 cm³/mol. The van der Waals surface area contributed by atoms with Crippen LogP contribution in [0.25, 0.3) is 6.08 Å². The fourth-order valence-electron chi connectivity index (χ4n) is 2.21. The number of carbonyl (C=O) groups is 2. The zero-order valence-electron chi connectivity index (χ0n) is 11.5. The summed E-state index contributed by atoms with van der Waals surface area (Å²) in [5.74, 6) is -0.231. The molecule has 0 atom stereocenters. The van der Waals surface area contributed by atoms with Crippen molar-refractivity contribution >= 4 is 17.9 Å². The molecule has 1 heterocycles. The molecule has 0 unspecified atom stereocenters. The van der Waals surface area contributed by atoms with Crippen molar-refractivity contribution in [1.82, 2.24) is 10.2 Å². The number of carbonyl (C=O) groups excluding carboxylic acids is 2. The number of hydrogen-bond donors (Lipinski definition) is 1. The number of amides is 2. The van der Waals surface area contributed by atoms with E-state index in [1.807, 2.05) is 35.2 Å². The fraction of sp³-hybridized carbons (Fsp3) is 0.375. The molecule has 1 N–H and O–H groups in total. The summed E-state index contributed by atoms with van der Waals surface area (Å²) < 4.78 is 0. The van der Waals surface area contributed by atoms with Crippen molar-refractivity contribution in [3.8, 4) is 0 Å². The first kappa shape index (κ1) is 14.3. The molecule has 2 amide bonds. The van der Waals surface area contributed by atoms with Crippen LogP contribution in [-0.4, -0.2) is 36.3 Å². The highest BCUT2D eigenvalue weighted by molar-refractivity contribution is 5.94. The van der Waals surface area contributed by atoms with Crippen molar-refractivity contribution < 1.29 is 9.59 Å². The first-order chi connectivity index (χ1) is 9.75. The summed E-state index contributed by atoms with van der Waals surface area (Å²) in [6.45, 7) is 1.71. The van der Waals surface area contributed by atoms with E-state index in [0.29, 0.717) is 0 Å². The van der Waals surface area contributed by atoms with Gasteiger partial charge in [0, 0.05) is 19.2 Å². The number of hydrogen-bond acceptors (Lipinski definition) is 2. The molecule has 1 saturated heterocycles. The maximum Gasteiger partial charge on any atom is 0.244 e. The number of piperidine rings is 1. The minimum atomic E-state index is -0.237. The maximum atomic E-state index is 11.9. The molecule has 1 aliphatic heterocycles. The lowest BCUT2D eigenvalue weighted by atomic mass is 10.1. The number of likely N-dealkylation sites (tertiary alicyclic amines) is 1. The minimum Gasteiger partial charge on any atom is -0.343 e. The molecule has 0 radical (unpaired) electrons. The molecule has 1 aromatic rings. The Bertz CT molecular complexity index is 477. The van der Waals surface area contributed by atoms with E-state index in [1.54, 1.807) is 6.08 Å². The molecule has 0 bridgehead atoms. The average Bonchev–Trinajstić information content (AvgIpc) is 2.52. The predicted octanol–water partition coefficient (Wildman–Crippen LogP) is 1.83. The zero-order valence-corrected chi connectivity index (χ0v) is 11.5. The van der Waals surface area contributed by atoms with E-state index in [1.165, 1.54) is 12.5 Å². The van der Waals surface area contributed by atoms with Gasteiger partial charge >= 0.3 is 0 Å². The topological polar surface area (TPSA) is 49.4 Å². The SMILES string of the molecule is O=C(C=Cc1ccccc1)NCC(=O)N1CCCCC1. The van der Waals surface area contributed by atoms with E-state index in [2.05, 4.69) is 5.32 Å². The molecule has 0 aliphatic carbocycles. The second kappa shape index (κ2) is 7.48. The van der Waals surface area contributed by atoms with Crippen LogP contribution in [0, 0.1) is 0 Å². The second-order valence-electron chi connectivity index (χ2n) is 4.90. The van der Waals surface area contributed by atoms with Gasteiger partial charge < -0.3 is 10.2 Å². The molecular weight excluding hydrogens is 252 g/mol. The number of nitrogens with zero attached hydrogens (tertiary/aromatic N) is 1. The molecule has 0 aromatic heterocycles. The molecule has 20 heavy (non-hydrogen) atoms. The second-order valence-corrected chi connectivity index (χ2v) is 4.90. The van der Waals surface area contributed by atoms with Gasteiger partial charge in [0.15, 0.2) is 0 Å². The summed E-state index contributed by atoms with van der Waals surface area (Å²) in [6, 6.07) is 9.59. The van der Waals surface area contributed by atoms with Crippen LogP contribution in [0.3, 0.4) is 0 Å². The van der Waals surface area contributed by atoms with Crippen molar-refractivity contribution in [3.63, 3.8) is 0 Å². The van der Waals surface area contributed by atoms with Gasteiger partial charge in [0.1, 0.15) is 0 Å². The summed E-state index contributed by atoms with van der Waals surface area (Å²) in [6.07, 6.45) is 6.51. The molecule has 4 nitrogen and oxygen atoms in total. The molecule has 1 aromatic carbocycles. The van der Waals surface area contributed by atoms with Crippen LogP contribution in [-0.2, 0) is 9.59 Å². The van der Waals surface area contributed by atoms with Crippen molar-refractivity contribution in [1.29, 1.82) is 0 Å². The lowest BCUT2D eigenvalue weighted by Gasteiger charge is -2.26. The van der Waals surface area contributed by atoms with Gasteiger partial charge in [-0.1, -0.05) is 30.3 Å². The Morgan fingerprint density at radius 1 is 1.10 bits per heavy atom. The van der Waals surface area contributed by atoms with E-state index in [4.69, 9.17) is 0 Å². The van der Waals surface area contributed by atoms with E-state index < -0.39 is 0 Å². The van der Waals surface area contributed by atoms with E-state index in [9.17, 15) is 9.59 Å². The van der Waals surface area contributed by atoms with E-state index in [-0.39, 0.29) is 18.4 Å². The van der Waals surface area contributed by atoms with Crippen molar-refractivity contribution in [3.05, 3.63) is 42.0 Å². The Kier molecular flexibility index (Phi) is 5.35. The normalized spacial score (nSPS) is 15.3. The molecule has 1 fully saturated rings. The van der Waals surface area contributed by atoms with Gasteiger partial charge in [0.2, 0.25) is 11.8 Å². The van der Waals surface area contributed by atoms with Crippen LogP contribution in [0.15, 0.2) is 36.4 Å². The number of rotatable bonds is 4. The van der Waals surface area contributed by atoms with Crippen LogP contribution in [0.4, 0.5) is 0 Å². The molecule has 106 valence electrons. The minimum absolute atomic E-state index is 0.00570. The van der Waals surface area contributed by atoms with E-state index >= 15 is 0 Å². The Morgan fingerprint density at radius 3 is 2.50 bits per heavy atom. The van der Waals surface area contributed by atoms with Crippen molar-refractivity contribution in [2.45, 2.75) is 19.3 Å². The van der Waals surface area contributed by atoms with Gasteiger partial charge in [-0.3, -0.25) is 9.59 Å². The lowest BCUT2D eigenvalue weighted by Crippen LogP contribution is -2.42. The standard InChI is InChI=1S/C16H20N2O2/c19-15(10-9-14-7-3-1-4-8-14)17-13-16(20)18-11-5-2-6-12-18/h1,3-4,7-10H,2,5-6,11-13H2,(H,17,19). The monoisotopic (exact) mass is 272 g/mol. The summed E-state index contributed by atoms with van der Waals surface area (Å²) in [5, 5.41) is 2.63. The fourth-order valence-corrected chi connectivity index (χ4v) is 2.21. The van der Waals surface area contributed by atoms with Crippen LogP contribution in [0.5, 0.6) is 0 Å². The van der Waals surface area contributed by atoms with Crippen LogP contribution in [0.1, 0.15) is 24.8 Å². The zero-order chi connectivity index (χ0) is 14.2.